The fraction of sp³-hybridized carbons (Fsp3) is 0. The van der Waals surface area contributed by atoms with Gasteiger partial charge in [-0.1, -0.05) is 18.2 Å². The number of benzene rings is 1. The summed E-state index contributed by atoms with van der Waals surface area (Å²) in [4.78, 5) is 7.80. The number of aromatic amines is 1. The van der Waals surface area contributed by atoms with Crippen molar-refractivity contribution in [3.63, 3.8) is 0 Å². The third kappa shape index (κ3) is 1.74. The minimum atomic E-state index is -2.43. The zero-order chi connectivity index (χ0) is 11.7. The van der Waals surface area contributed by atoms with Crippen LogP contribution in [0.1, 0.15) is 11.4 Å². The number of hydrogen-bond acceptors (Lipinski definition) is 2. The lowest BCUT2D eigenvalue weighted by Crippen LogP contribution is -2.24. The Kier molecular flexibility index (Phi) is 2.26. The van der Waals surface area contributed by atoms with Gasteiger partial charge in [0.1, 0.15) is 5.82 Å². The molecule has 1 aromatic heterocycles. The highest BCUT2D eigenvalue weighted by atomic mass is 32.2. The van der Waals surface area contributed by atoms with Gasteiger partial charge in [0.05, 0.1) is 20.0 Å². The zero-order valence-corrected chi connectivity index (χ0v) is 9.78. The maximum atomic E-state index is 12.8. The molecule has 4 nitrogen and oxygen atoms in total. The Hall–Kier alpha value is -2.01. The van der Waals surface area contributed by atoms with E-state index in [1.54, 1.807) is 24.0 Å². The molecule has 1 unspecified atom stereocenters. The molecule has 1 atom stereocenters. The normalized spacial score (nSPS) is 21.6. The van der Waals surface area contributed by atoms with Crippen LogP contribution in [0.5, 0.6) is 0 Å². The Morgan fingerprint density at radius 2 is 2.18 bits per heavy atom. The van der Waals surface area contributed by atoms with E-state index in [2.05, 4.69) is 14.7 Å². The first-order valence-electron chi connectivity index (χ1n) is 5.19. The van der Waals surface area contributed by atoms with Gasteiger partial charge < -0.3 is 9.71 Å². The van der Waals surface area contributed by atoms with Crippen molar-refractivity contribution in [2.45, 2.75) is 4.90 Å². The number of hydrogen-bond donors (Lipinski definition) is 2. The van der Waals surface area contributed by atoms with Gasteiger partial charge in [-0.15, -0.1) is 0 Å². The van der Waals surface area contributed by atoms with Crippen molar-refractivity contribution in [3.05, 3.63) is 54.2 Å². The molecule has 17 heavy (non-hydrogen) atoms. The van der Waals surface area contributed by atoms with Crippen molar-refractivity contribution < 1.29 is 4.21 Å². The molecular weight excluding hydrogens is 234 g/mol. The Bertz CT molecular complexity index is 680. The molecule has 0 saturated carbocycles. The highest BCUT2D eigenvalue weighted by Crippen LogP contribution is 2.20. The first-order valence-corrected chi connectivity index (χ1v) is 6.81. The van der Waals surface area contributed by atoms with Gasteiger partial charge in [-0.25, -0.2) is 9.19 Å². The summed E-state index contributed by atoms with van der Waals surface area (Å²) in [5.74, 6) is 0.604. The molecule has 86 valence electrons. The molecule has 0 fully saturated rings. The van der Waals surface area contributed by atoms with Gasteiger partial charge in [-0.2, -0.15) is 0 Å². The van der Waals surface area contributed by atoms with Crippen LogP contribution < -0.4 is 4.72 Å². The van der Waals surface area contributed by atoms with Gasteiger partial charge >= 0.3 is 0 Å². The second kappa shape index (κ2) is 3.78. The number of aromatic nitrogens is 2. The number of nitrogens with one attached hydrogen (secondary N) is 2. The molecule has 0 bridgehead atoms. The predicted molar refractivity (Wildman–Crippen MR) is 68.8 cm³/mol. The molecule has 0 aliphatic carbocycles. The third-order valence-electron chi connectivity index (χ3n) is 2.55. The average Bonchev–Trinajstić information content (AvgIpc) is 2.82. The lowest BCUT2D eigenvalue weighted by atomic mass is 10.2. The van der Waals surface area contributed by atoms with Crippen LogP contribution in [-0.2, 0) is 9.71 Å². The maximum absolute atomic E-state index is 12.8. The van der Waals surface area contributed by atoms with Crippen LogP contribution in [0, 0.1) is 0 Å². The van der Waals surface area contributed by atoms with Crippen LogP contribution in [0.3, 0.4) is 0 Å². The van der Waals surface area contributed by atoms with Crippen LogP contribution in [0.15, 0.2) is 47.8 Å². The van der Waals surface area contributed by atoms with E-state index in [4.69, 9.17) is 0 Å². The molecule has 0 saturated heterocycles. The fourth-order valence-electron chi connectivity index (χ4n) is 1.78. The van der Waals surface area contributed by atoms with Gasteiger partial charge in [0.2, 0.25) is 0 Å². The molecule has 2 N–H and O–H groups in total. The number of H-pyrrole nitrogens is 1. The summed E-state index contributed by atoms with van der Waals surface area (Å²) in [7, 11) is -2.43. The van der Waals surface area contributed by atoms with Crippen LogP contribution >= 0.6 is 0 Å². The zero-order valence-electron chi connectivity index (χ0n) is 8.96. The quantitative estimate of drug-likeness (QED) is 0.746. The van der Waals surface area contributed by atoms with E-state index in [1.165, 1.54) is 0 Å². The van der Waals surface area contributed by atoms with Crippen LogP contribution in [0.4, 0.5) is 0 Å². The highest BCUT2D eigenvalue weighted by molar-refractivity contribution is 8.00. The van der Waals surface area contributed by atoms with Gasteiger partial charge in [0, 0.05) is 18.6 Å². The Balaban J connectivity index is 2.23. The van der Waals surface area contributed by atoms with E-state index in [1.807, 2.05) is 30.3 Å². The van der Waals surface area contributed by atoms with Crippen LogP contribution in [0.25, 0.3) is 6.08 Å². The molecule has 3 rings (SSSR count). The smallest absolute Gasteiger partial charge is 0.140 e. The van der Waals surface area contributed by atoms with Crippen molar-refractivity contribution in [1.82, 2.24) is 14.7 Å². The third-order valence-corrected chi connectivity index (χ3v) is 4.62. The van der Waals surface area contributed by atoms with Gasteiger partial charge in [-0.3, -0.25) is 0 Å². The van der Waals surface area contributed by atoms with Crippen molar-refractivity contribution >= 4 is 21.2 Å². The van der Waals surface area contributed by atoms with Crippen molar-refractivity contribution in [2.75, 3.05) is 0 Å². The summed E-state index contributed by atoms with van der Waals surface area (Å²) >= 11 is 0. The molecule has 0 spiro atoms. The molecule has 0 amide bonds. The van der Waals surface area contributed by atoms with Crippen molar-refractivity contribution in [1.29, 1.82) is 0 Å². The van der Waals surface area contributed by atoms with Crippen LogP contribution in [0.2, 0.25) is 0 Å². The summed E-state index contributed by atoms with van der Waals surface area (Å²) in [5, 5.41) is 1.63. The predicted octanol–water partition coefficient (Wildman–Crippen LogP) is 1.39. The summed E-state index contributed by atoms with van der Waals surface area (Å²) in [5.41, 5.74) is 0.971. The molecule has 0 radical (unpaired) electrons. The largest absolute Gasteiger partial charge is 0.345 e. The monoisotopic (exact) mass is 245 g/mol. The van der Waals surface area contributed by atoms with Gasteiger partial charge in [0.25, 0.3) is 0 Å². The second-order valence-electron chi connectivity index (χ2n) is 3.68. The van der Waals surface area contributed by atoms with Gasteiger partial charge in [0.15, 0.2) is 0 Å². The second-order valence-corrected chi connectivity index (χ2v) is 5.79. The number of rotatable bonds is 1. The lowest BCUT2D eigenvalue weighted by molar-refractivity contribution is 0.676. The standard InChI is InChI=1S/C12H11N3OS/c16-17(9-12-13-7-8-14-12)11-4-2-1-3-10(11)5-6-15-17/h1-9H,(H,13,14)(H,15,16). The number of fused-ring (bicyclic) bond motifs is 1. The number of nitrogens with zero attached hydrogens (tertiary/aromatic N) is 1. The summed E-state index contributed by atoms with van der Waals surface area (Å²) in [6.07, 6.45) is 6.97. The molecule has 1 aliphatic rings. The molecule has 5 heteroatoms. The fourth-order valence-corrected chi connectivity index (χ4v) is 3.58. The van der Waals surface area contributed by atoms with E-state index in [-0.39, 0.29) is 0 Å². The Morgan fingerprint density at radius 1 is 1.29 bits per heavy atom. The Labute approximate surface area is 99.5 Å². The summed E-state index contributed by atoms with van der Waals surface area (Å²) < 4.78 is 15.7. The van der Waals surface area contributed by atoms with E-state index in [0.29, 0.717) is 5.82 Å². The lowest BCUT2D eigenvalue weighted by Gasteiger charge is -2.17. The van der Waals surface area contributed by atoms with E-state index < -0.39 is 9.71 Å². The number of imidazole rings is 1. The minimum absolute atomic E-state index is 0.604. The first kappa shape index (κ1) is 10.2. The van der Waals surface area contributed by atoms with E-state index >= 15 is 0 Å². The SMILES string of the molecule is O=S1(=Cc2ncc[nH]2)NC=Cc2ccccc21. The maximum Gasteiger partial charge on any atom is 0.140 e. The van der Waals surface area contributed by atoms with E-state index in [0.717, 1.165) is 10.5 Å². The molecule has 1 aromatic carbocycles. The molecule has 1 aliphatic heterocycles. The summed E-state index contributed by atoms with van der Waals surface area (Å²) in [6.45, 7) is 0. The first-order chi connectivity index (χ1) is 8.28. The van der Waals surface area contributed by atoms with Crippen molar-refractivity contribution in [2.24, 2.45) is 0 Å². The van der Waals surface area contributed by atoms with Crippen LogP contribution in [-0.4, -0.2) is 19.5 Å². The average molecular weight is 245 g/mol. The van der Waals surface area contributed by atoms with Crippen molar-refractivity contribution in [3.8, 4) is 0 Å². The minimum Gasteiger partial charge on any atom is -0.345 e. The van der Waals surface area contributed by atoms with Gasteiger partial charge in [-0.05, 0) is 17.7 Å². The Morgan fingerprint density at radius 3 is 3.00 bits per heavy atom. The summed E-state index contributed by atoms with van der Waals surface area (Å²) in [6, 6.07) is 7.63. The topological polar surface area (TPSA) is 57.8 Å². The molecule has 2 aromatic rings. The van der Waals surface area contributed by atoms with E-state index in [9.17, 15) is 4.21 Å². The highest BCUT2D eigenvalue weighted by Gasteiger charge is 2.16. The molecular formula is C12H11N3OS. The molecule has 2 heterocycles.